The fourth-order valence-corrected chi connectivity index (χ4v) is 5.53. The number of carbonyl (C=O) groups excluding carboxylic acids is 1. The van der Waals surface area contributed by atoms with E-state index in [2.05, 4.69) is 17.4 Å². The van der Waals surface area contributed by atoms with Crippen LogP contribution in [-0.4, -0.2) is 21.2 Å². The summed E-state index contributed by atoms with van der Waals surface area (Å²) in [5, 5.41) is 4.30. The van der Waals surface area contributed by atoms with Crippen LogP contribution in [0, 0.1) is 34.6 Å². The van der Waals surface area contributed by atoms with Gasteiger partial charge < -0.3 is 5.32 Å². The molecule has 154 valence electrons. The molecule has 0 unspecified atom stereocenters. The Balaban J connectivity index is 1.88. The highest BCUT2D eigenvalue weighted by Gasteiger charge is 2.19. The summed E-state index contributed by atoms with van der Waals surface area (Å²) in [6, 6.07) is 4.08. The van der Waals surface area contributed by atoms with Crippen LogP contribution in [0.5, 0.6) is 0 Å². The molecule has 29 heavy (non-hydrogen) atoms. The Kier molecular flexibility index (Phi) is 6.19. The molecule has 0 aliphatic heterocycles. The van der Waals surface area contributed by atoms with Crippen LogP contribution in [0.4, 0.5) is 5.69 Å². The molecule has 0 fully saturated rings. The predicted molar refractivity (Wildman–Crippen MR) is 124 cm³/mol. The van der Waals surface area contributed by atoms with Gasteiger partial charge in [0.05, 0.1) is 11.1 Å². The molecule has 7 heteroatoms. The third-order valence-electron chi connectivity index (χ3n) is 4.99. The molecule has 3 rings (SSSR count). The molecule has 0 saturated heterocycles. The monoisotopic (exact) mass is 429 g/mol. The standard InChI is InChI=1S/C22H27N3O2S2/c1-11(2)25-21(27)18-15(6)16(7)29-20(18)24-22(25)28-10-17(26)23-19-13(4)8-12(3)9-14(19)5/h8-9,11H,10H2,1-7H3,(H,23,26). The van der Waals surface area contributed by atoms with Crippen molar-refractivity contribution < 1.29 is 4.79 Å². The van der Waals surface area contributed by atoms with Crippen molar-refractivity contribution in [3.63, 3.8) is 0 Å². The maximum absolute atomic E-state index is 13.1. The molecule has 0 spiro atoms. The molecule has 0 bridgehead atoms. The van der Waals surface area contributed by atoms with Gasteiger partial charge in [-0.05, 0) is 65.2 Å². The van der Waals surface area contributed by atoms with Crippen LogP contribution in [0.15, 0.2) is 22.1 Å². The molecule has 0 aliphatic carbocycles. The van der Waals surface area contributed by atoms with E-state index in [-0.39, 0.29) is 23.3 Å². The van der Waals surface area contributed by atoms with Crippen molar-refractivity contribution in [3.05, 3.63) is 49.6 Å². The van der Waals surface area contributed by atoms with Crippen LogP contribution in [0.3, 0.4) is 0 Å². The molecule has 2 aromatic heterocycles. The largest absolute Gasteiger partial charge is 0.325 e. The Morgan fingerprint density at radius 1 is 1.17 bits per heavy atom. The van der Waals surface area contributed by atoms with Crippen LogP contribution < -0.4 is 10.9 Å². The molecule has 1 N–H and O–H groups in total. The van der Waals surface area contributed by atoms with E-state index < -0.39 is 0 Å². The first-order valence-electron chi connectivity index (χ1n) is 9.62. The van der Waals surface area contributed by atoms with Crippen LogP contribution in [0.1, 0.15) is 47.0 Å². The number of hydrogen-bond acceptors (Lipinski definition) is 5. The number of thioether (sulfide) groups is 1. The Morgan fingerprint density at radius 3 is 2.38 bits per heavy atom. The second-order valence-corrected chi connectivity index (χ2v) is 9.88. The van der Waals surface area contributed by atoms with Gasteiger partial charge in [0.15, 0.2) is 5.16 Å². The predicted octanol–water partition coefficient (Wildman–Crippen LogP) is 5.31. The molecular weight excluding hydrogens is 402 g/mol. The smallest absolute Gasteiger partial charge is 0.263 e. The average molecular weight is 430 g/mol. The number of carbonyl (C=O) groups is 1. The summed E-state index contributed by atoms with van der Waals surface area (Å²) in [4.78, 5) is 32.3. The van der Waals surface area contributed by atoms with Crippen molar-refractivity contribution in [2.45, 2.75) is 59.7 Å². The van der Waals surface area contributed by atoms with E-state index in [1.165, 1.54) is 28.7 Å². The van der Waals surface area contributed by atoms with Gasteiger partial charge in [-0.25, -0.2) is 4.98 Å². The van der Waals surface area contributed by atoms with Gasteiger partial charge in [-0.2, -0.15) is 0 Å². The lowest BCUT2D eigenvalue weighted by atomic mass is 10.1. The van der Waals surface area contributed by atoms with Gasteiger partial charge in [0.1, 0.15) is 4.83 Å². The fourth-order valence-electron chi connectivity index (χ4n) is 3.53. The van der Waals surface area contributed by atoms with Crippen molar-refractivity contribution in [3.8, 4) is 0 Å². The second kappa shape index (κ2) is 8.32. The number of fused-ring (bicyclic) bond motifs is 1. The number of rotatable bonds is 5. The molecule has 0 saturated carbocycles. The number of nitrogens with zero attached hydrogens (tertiary/aromatic N) is 2. The van der Waals surface area contributed by atoms with Gasteiger partial charge in [-0.15, -0.1) is 11.3 Å². The number of nitrogens with one attached hydrogen (secondary N) is 1. The molecule has 3 aromatic rings. The molecule has 0 atom stereocenters. The summed E-state index contributed by atoms with van der Waals surface area (Å²) in [5.41, 5.74) is 5.09. The zero-order valence-electron chi connectivity index (χ0n) is 18.0. The van der Waals surface area contributed by atoms with Crippen molar-refractivity contribution in [1.82, 2.24) is 9.55 Å². The first kappa shape index (κ1) is 21.6. The van der Waals surface area contributed by atoms with Gasteiger partial charge in [-0.1, -0.05) is 29.5 Å². The van der Waals surface area contributed by atoms with Crippen LogP contribution >= 0.6 is 23.1 Å². The maximum atomic E-state index is 13.1. The highest BCUT2D eigenvalue weighted by atomic mass is 32.2. The Hall–Kier alpha value is -2.12. The minimum atomic E-state index is -0.103. The quantitative estimate of drug-likeness (QED) is 0.441. The lowest BCUT2D eigenvalue weighted by molar-refractivity contribution is -0.113. The van der Waals surface area contributed by atoms with E-state index in [0.717, 1.165) is 32.1 Å². The summed E-state index contributed by atoms with van der Waals surface area (Å²) in [7, 11) is 0. The zero-order chi connectivity index (χ0) is 21.5. The zero-order valence-corrected chi connectivity index (χ0v) is 19.6. The lowest BCUT2D eigenvalue weighted by Crippen LogP contribution is -2.25. The van der Waals surface area contributed by atoms with Gasteiger partial charge in [0.25, 0.3) is 5.56 Å². The van der Waals surface area contributed by atoms with Gasteiger partial charge >= 0.3 is 0 Å². The Morgan fingerprint density at radius 2 is 1.79 bits per heavy atom. The van der Waals surface area contributed by atoms with Gasteiger partial charge in [0, 0.05) is 16.6 Å². The first-order valence-corrected chi connectivity index (χ1v) is 11.4. The van der Waals surface area contributed by atoms with Crippen LogP contribution in [0.2, 0.25) is 0 Å². The molecule has 1 aromatic carbocycles. The number of aromatic nitrogens is 2. The number of aryl methyl sites for hydroxylation is 5. The molecule has 5 nitrogen and oxygen atoms in total. The van der Waals surface area contributed by atoms with E-state index in [9.17, 15) is 9.59 Å². The summed E-state index contributed by atoms with van der Waals surface area (Å²) in [5.74, 6) is 0.0917. The Bertz CT molecular complexity index is 1140. The van der Waals surface area contributed by atoms with Crippen molar-refractivity contribution in [1.29, 1.82) is 0 Å². The number of hydrogen-bond donors (Lipinski definition) is 1. The number of anilines is 1. The summed E-state index contributed by atoms with van der Waals surface area (Å²) in [6.07, 6.45) is 0. The number of benzene rings is 1. The molecule has 0 aliphatic rings. The fraction of sp³-hybridized carbons (Fsp3) is 0.409. The highest BCUT2D eigenvalue weighted by Crippen LogP contribution is 2.29. The van der Waals surface area contributed by atoms with Crippen molar-refractivity contribution >= 4 is 44.9 Å². The summed E-state index contributed by atoms with van der Waals surface area (Å²) >= 11 is 2.84. The van der Waals surface area contributed by atoms with E-state index >= 15 is 0 Å². The van der Waals surface area contributed by atoms with E-state index in [0.29, 0.717) is 10.5 Å². The lowest BCUT2D eigenvalue weighted by Gasteiger charge is -2.16. The molecule has 1 amide bonds. The van der Waals surface area contributed by atoms with Crippen LogP contribution in [-0.2, 0) is 4.79 Å². The second-order valence-electron chi connectivity index (χ2n) is 7.74. The minimum Gasteiger partial charge on any atom is -0.325 e. The molecule has 2 heterocycles. The first-order chi connectivity index (χ1) is 13.6. The van der Waals surface area contributed by atoms with Gasteiger partial charge in [-0.3, -0.25) is 14.2 Å². The van der Waals surface area contributed by atoms with Crippen molar-refractivity contribution in [2.75, 3.05) is 11.1 Å². The SMILES string of the molecule is Cc1cc(C)c(NC(=O)CSc2nc3sc(C)c(C)c3c(=O)n2C(C)C)c(C)c1. The maximum Gasteiger partial charge on any atom is 0.263 e. The van der Waals surface area contributed by atoms with Crippen LogP contribution in [0.25, 0.3) is 10.2 Å². The van der Waals surface area contributed by atoms with E-state index in [4.69, 9.17) is 4.98 Å². The number of amides is 1. The third-order valence-corrected chi connectivity index (χ3v) is 7.05. The van der Waals surface area contributed by atoms with Crippen molar-refractivity contribution in [2.24, 2.45) is 0 Å². The minimum absolute atomic E-state index is 0.0278. The third kappa shape index (κ3) is 4.26. The number of thiophene rings is 1. The molecule has 0 radical (unpaired) electrons. The van der Waals surface area contributed by atoms with Gasteiger partial charge in [0.2, 0.25) is 5.91 Å². The summed E-state index contributed by atoms with van der Waals surface area (Å²) < 4.78 is 1.70. The van der Waals surface area contributed by atoms with E-state index in [1.54, 1.807) is 4.57 Å². The normalized spacial score (nSPS) is 11.4. The molecular formula is C22H27N3O2S2. The van der Waals surface area contributed by atoms with E-state index in [1.807, 2.05) is 48.5 Å². The Labute approximate surface area is 179 Å². The summed E-state index contributed by atoms with van der Waals surface area (Å²) in [6.45, 7) is 13.9. The topological polar surface area (TPSA) is 64.0 Å². The highest BCUT2D eigenvalue weighted by molar-refractivity contribution is 7.99. The average Bonchev–Trinajstić information content (AvgIpc) is 2.90.